The second kappa shape index (κ2) is 10.2. The van der Waals surface area contributed by atoms with E-state index in [9.17, 15) is 18.0 Å². The smallest absolute Gasteiger partial charge is 0.338 e. The van der Waals surface area contributed by atoms with Crippen molar-refractivity contribution in [2.24, 2.45) is 0 Å². The number of amides is 1. The summed E-state index contributed by atoms with van der Waals surface area (Å²) in [5.41, 5.74) is 0.331. The van der Waals surface area contributed by atoms with Crippen molar-refractivity contribution in [3.63, 3.8) is 0 Å². The van der Waals surface area contributed by atoms with Gasteiger partial charge in [0, 0.05) is 31.7 Å². The normalized spacial score (nSPS) is 18.3. The monoisotopic (exact) mass is 465 g/mol. The number of ether oxygens (including phenoxy) is 1. The minimum absolute atomic E-state index is 0.130. The molecule has 0 saturated carbocycles. The van der Waals surface area contributed by atoms with Gasteiger partial charge in [-0.2, -0.15) is 4.31 Å². The summed E-state index contributed by atoms with van der Waals surface area (Å²) >= 11 is 0. The van der Waals surface area contributed by atoms with Crippen LogP contribution >= 0.6 is 0 Å². The molecular weight excluding hydrogens is 430 g/mol. The zero-order valence-corrected chi connectivity index (χ0v) is 20.2. The van der Waals surface area contributed by atoms with Crippen LogP contribution < -0.4 is 10.2 Å². The molecule has 3 rings (SSSR count). The number of piperidine rings is 2. The summed E-state index contributed by atoms with van der Waals surface area (Å²) in [5, 5.41) is 2.73. The first kappa shape index (κ1) is 24.5. The van der Waals surface area contributed by atoms with Crippen molar-refractivity contribution in [3.8, 4) is 0 Å². The number of hydrogen-bond donors (Lipinski definition) is 1. The lowest BCUT2D eigenvalue weighted by molar-refractivity contribution is -0.125. The fourth-order valence-electron chi connectivity index (χ4n) is 4.16. The number of sulfonamides is 1. The van der Waals surface area contributed by atoms with Crippen molar-refractivity contribution < 1.29 is 22.7 Å². The molecule has 178 valence electrons. The number of rotatable bonds is 6. The Hall–Kier alpha value is -2.13. The molecule has 0 bridgehead atoms. The van der Waals surface area contributed by atoms with Crippen LogP contribution in [0.4, 0.5) is 5.69 Å². The Kier molecular flexibility index (Phi) is 7.82. The maximum atomic E-state index is 13.5. The number of nitrogens with zero attached hydrogens (tertiary/aromatic N) is 2. The molecule has 2 heterocycles. The quantitative estimate of drug-likeness (QED) is 0.649. The van der Waals surface area contributed by atoms with E-state index in [0.717, 1.165) is 51.6 Å². The zero-order valence-electron chi connectivity index (χ0n) is 19.4. The summed E-state index contributed by atoms with van der Waals surface area (Å²) in [4.78, 5) is 26.9. The number of carbonyl (C=O) groups excluding carboxylic acids is 2. The van der Waals surface area contributed by atoms with Crippen molar-refractivity contribution >= 4 is 27.6 Å². The number of nitrogens with one attached hydrogen (secondary N) is 1. The van der Waals surface area contributed by atoms with Crippen LogP contribution in [0.2, 0.25) is 0 Å². The van der Waals surface area contributed by atoms with E-state index >= 15 is 0 Å². The molecule has 2 saturated heterocycles. The van der Waals surface area contributed by atoms with Crippen LogP contribution in [0.3, 0.4) is 0 Å². The van der Waals surface area contributed by atoms with Crippen LogP contribution in [-0.2, 0) is 19.6 Å². The van der Waals surface area contributed by atoms with Gasteiger partial charge in [0.05, 0.1) is 11.3 Å². The summed E-state index contributed by atoms with van der Waals surface area (Å²) < 4.78 is 33.7. The van der Waals surface area contributed by atoms with Gasteiger partial charge in [-0.25, -0.2) is 13.2 Å². The lowest BCUT2D eigenvalue weighted by Gasteiger charge is -2.33. The average molecular weight is 466 g/mol. The Morgan fingerprint density at radius 2 is 1.56 bits per heavy atom. The van der Waals surface area contributed by atoms with Gasteiger partial charge in [0.15, 0.2) is 6.61 Å². The number of hydrogen-bond acceptors (Lipinski definition) is 6. The van der Waals surface area contributed by atoms with Gasteiger partial charge in [0.1, 0.15) is 4.90 Å². The SMILES string of the molecule is CC(C)(C)NC(=O)COC(=O)c1ccc(N2CCCCC2)c(S(=O)(=O)N2CCCCC2)c1. The molecule has 1 aromatic carbocycles. The van der Waals surface area contributed by atoms with Crippen LogP contribution in [0.5, 0.6) is 0 Å². The summed E-state index contributed by atoms with van der Waals surface area (Å²) in [6, 6.07) is 4.70. The average Bonchev–Trinajstić information content (AvgIpc) is 2.77. The molecule has 0 spiro atoms. The highest BCUT2D eigenvalue weighted by Crippen LogP contribution is 2.32. The first-order valence-electron chi connectivity index (χ1n) is 11.5. The van der Waals surface area contributed by atoms with Crippen molar-refractivity contribution in [3.05, 3.63) is 23.8 Å². The molecule has 0 aromatic heterocycles. The van der Waals surface area contributed by atoms with Gasteiger partial charge >= 0.3 is 5.97 Å². The van der Waals surface area contributed by atoms with Gasteiger partial charge in [-0.15, -0.1) is 0 Å². The summed E-state index contributed by atoms with van der Waals surface area (Å²) in [5.74, 6) is -1.12. The Balaban J connectivity index is 1.86. The second-order valence-electron chi connectivity index (χ2n) is 9.57. The van der Waals surface area contributed by atoms with Gasteiger partial charge in [-0.1, -0.05) is 6.42 Å². The Bertz CT molecular complexity index is 927. The molecule has 1 N–H and O–H groups in total. The molecule has 1 aromatic rings. The molecule has 32 heavy (non-hydrogen) atoms. The van der Waals surface area contributed by atoms with Crippen molar-refractivity contribution in [1.29, 1.82) is 0 Å². The number of carbonyl (C=O) groups is 2. The maximum absolute atomic E-state index is 13.5. The van der Waals surface area contributed by atoms with Gasteiger partial charge < -0.3 is 15.0 Å². The fraction of sp³-hybridized carbons (Fsp3) is 0.652. The molecule has 0 aliphatic carbocycles. The fourth-order valence-corrected chi connectivity index (χ4v) is 5.91. The zero-order chi connectivity index (χ0) is 23.4. The minimum Gasteiger partial charge on any atom is -0.452 e. The van der Waals surface area contributed by atoms with Gasteiger partial charge in [-0.3, -0.25) is 4.79 Å². The highest BCUT2D eigenvalue weighted by molar-refractivity contribution is 7.89. The third kappa shape index (κ3) is 6.22. The molecule has 0 radical (unpaired) electrons. The summed E-state index contributed by atoms with van der Waals surface area (Å²) in [7, 11) is -3.75. The molecule has 2 aliphatic rings. The molecule has 0 unspecified atom stereocenters. The van der Waals surface area contributed by atoms with Crippen LogP contribution in [0.1, 0.15) is 69.7 Å². The lowest BCUT2D eigenvalue weighted by atomic mass is 10.1. The second-order valence-corrected chi connectivity index (χ2v) is 11.5. The van der Waals surface area contributed by atoms with E-state index in [2.05, 4.69) is 10.2 Å². The third-order valence-electron chi connectivity index (χ3n) is 5.67. The lowest BCUT2D eigenvalue weighted by Crippen LogP contribution is -2.42. The summed E-state index contributed by atoms with van der Waals surface area (Å²) in [6.07, 6.45) is 5.84. The third-order valence-corrected chi connectivity index (χ3v) is 7.60. The predicted octanol–water partition coefficient (Wildman–Crippen LogP) is 2.92. The maximum Gasteiger partial charge on any atom is 0.338 e. The van der Waals surface area contributed by atoms with Gasteiger partial charge in [0.2, 0.25) is 10.0 Å². The largest absolute Gasteiger partial charge is 0.452 e. The first-order valence-corrected chi connectivity index (χ1v) is 12.9. The molecule has 1 amide bonds. The van der Waals surface area contributed by atoms with E-state index in [4.69, 9.17) is 4.74 Å². The van der Waals surface area contributed by atoms with E-state index in [1.807, 2.05) is 20.8 Å². The van der Waals surface area contributed by atoms with Crippen LogP contribution in [0.25, 0.3) is 0 Å². The van der Waals surface area contributed by atoms with Crippen molar-refractivity contribution in [2.75, 3.05) is 37.7 Å². The highest BCUT2D eigenvalue weighted by atomic mass is 32.2. The van der Waals surface area contributed by atoms with Gasteiger partial charge in [0.25, 0.3) is 5.91 Å². The predicted molar refractivity (Wildman–Crippen MR) is 123 cm³/mol. The molecule has 8 nitrogen and oxygen atoms in total. The molecule has 2 fully saturated rings. The first-order chi connectivity index (χ1) is 15.1. The van der Waals surface area contributed by atoms with E-state index < -0.39 is 34.0 Å². The van der Waals surface area contributed by atoms with Crippen molar-refractivity contribution in [1.82, 2.24) is 9.62 Å². The van der Waals surface area contributed by atoms with E-state index in [1.54, 1.807) is 12.1 Å². The van der Waals surface area contributed by atoms with Gasteiger partial charge in [-0.05, 0) is 71.1 Å². The molecule has 2 aliphatic heterocycles. The van der Waals surface area contributed by atoms with E-state index in [1.165, 1.54) is 10.4 Å². The molecular formula is C23H35N3O5S. The number of anilines is 1. The van der Waals surface area contributed by atoms with Crippen LogP contribution in [0, 0.1) is 0 Å². The number of esters is 1. The van der Waals surface area contributed by atoms with Crippen LogP contribution in [-0.4, -0.2) is 62.9 Å². The van der Waals surface area contributed by atoms with Crippen molar-refractivity contribution in [2.45, 2.75) is 69.7 Å². The topological polar surface area (TPSA) is 96.0 Å². The Morgan fingerprint density at radius 3 is 2.16 bits per heavy atom. The van der Waals surface area contributed by atoms with E-state index in [0.29, 0.717) is 18.8 Å². The standard InChI is InChI=1S/C23H35N3O5S/c1-23(2,3)24-21(27)17-31-22(28)18-10-11-19(25-12-6-4-7-13-25)20(16-18)32(29,30)26-14-8-5-9-15-26/h10-11,16H,4-9,12-15,17H2,1-3H3,(H,24,27). The van der Waals surface area contributed by atoms with Crippen LogP contribution in [0.15, 0.2) is 23.1 Å². The highest BCUT2D eigenvalue weighted by Gasteiger charge is 2.31. The number of benzene rings is 1. The van der Waals surface area contributed by atoms with E-state index in [-0.39, 0.29) is 10.5 Å². The Labute approximate surface area is 191 Å². The Morgan fingerprint density at radius 1 is 0.969 bits per heavy atom. The molecule has 0 atom stereocenters. The molecule has 9 heteroatoms. The minimum atomic E-state index is -3.75. The summed E-state index contributed by atoms with van der Waals surface area (Å²) in [6.45, 7) is 7.65.